The number of hydrogen-bond donors (Lipinski definition) is 1. The van der Waals surface area contributed by atoms with Gasteiger partial charge in [-0.05, 0) is 26.0 Å². The maximum absolute atomic E-state index is 14.3. The van der Waals surface area contributed by atoms with Crippen LogP contribution in [0.5, 0.6) is 0 Å². The van der Waals surface area contributed by atoms with Crippen LogP contribution in [0.4, 0.5) is 0 Å². The molecule has 3 aromatic rings. The number of aryl methyl sites for hydroxylation is 2. The number of aromatic amines is 1. The molecule has 1 N–H and O–H groups in total. The third-order valence-corrected chi connectivity index (χ3v) is 9.54. The number of aromatic nitrogens is 2. The molecule has 0 spiro atoms. The second-order valence-electron chi connectivity index (χ2n) is 9.81. The second-order valence-corrected chi connectivity index (χ2v) is 13.5. The summed E-state index contributed by atoms with van der Waals surface area (Å²) in [5.74, 6) is 0. The van der Waals surface area contributed by atoms with Gasteiger partial charge in [-0.15, -0.1) is 0 Å². The fourth-order valence-electron chi connectivity index (χ4n) is 4.88. The number of sulfone groups is 1. The Hall–Kier alpha value is -3.14. The number of benzene rings is 2. The molecule has 2 aliphatic heterocycles. The Labute approximate surface area is 230 Å². The average Bonchev–Trinajstić information content (AvgIpc) is 2.90. The molecule has 2 fully saturated rings. The Kier molecular flexibility index (Phi) is 7.58. The monoisotopic (exact) mass is 592 g/mol. The van der Waals surface area contributed by atoms with Crippen LogP contribution >= 0.6 is 0 Å². The van der Waals surface area contributed by atoms with Crippen molar-refractivity contribution in [3.63, 3.8) is 0 Å². The maximum atomic E-state index is 14.3. The first-order valence-corrected chi connectivity index (χ1v) is 15.7. The lowest BCUT2D eigenvalue weighted by molar-refractivity contribution is -0.307. The van der Waals surface area contributed by atoms with Crippen molar-refractivity contribution in [1.29, 1.82) is 0 Å². The lowest BCUT2D eigenvalue weighted by Crippen LogP contribution is -2.64. The van der Waals surface area contributed by atoms with Gasteiger partial charge in [0.2, 0.25) is 0 Å². The van der Waals surface area contributed by atoms with Crippen molar-refractivity contribution < 1.29 is 35.2 Å². The molecule has 3 heterocycles. The summed E-state index contributed by atoms with van der Waals surface area (Å²) in [5, 5.41) is -1.66. The molecule has 214 valence electrons. The highest BCUT2D eigenvalue weighted by Crippen LogP contribution is 2.42. The number of nitrogens with one attached hydrogen (secondary N) is 1. The number of rotatable bonds is 6. The quantitative estimate of drug-likeness (QED) is 0.414. The summed E-state index contributed by atoms with van der Waals surface area (Å²) < 4.78 is 78.0. The molecule has 6 atom stereocenters. The fourth-order valence-corrected chi connectivity index (χ4v) is 7.54. The van der Waals surface area contributed by atoms with Gasteiger partial charge in [0, 0.05) is 17.3 Å². The van der Waals surface area contributed by atoms with Gasteiger partial charge in [0.05, 0.1) is 17.8 Å². The second kappa shape index (κ2) is 10.7. The van der Waals surface area contributed by atoms with Gasteiger partial charge in [-0.1, -0.05) is 48.0 Å². The first-order valence-electron chi connectivity index (χ1n) is 12.3. The summed E-state index contributed by atoms with van der Waals surface area (Å²) in [4.78, 5) is 27.0. The van der Waals surface area contributed by atoms with Gasteiger partial charge in [-0.25, -0.2) is 13.2 Å². The molecular weight excluding hydrogens is 564 g/mol. The Morgan fingerprint density at radius 2 is 1.62 bits per heavy atom. The minimum absolute atomic E-state index is 0.0963. The molecule has 1 unspecified atom stereocenters. The van der Waals surface area contributed by atoms with Crippen LogP contribution in [-0.4, -0.2) is 62.8 Å². The van der Waals surface area contributed by atoms with E-state index in [2.05, 4.69) is 4.98 Å². The van der Waals surface area contributed by atoms with Gasteiger partial charge < -0.3 is 14.2 Å². The molecule has 0 saturated carbocycles. The van der Waals surface area contributed by atoms with Crippen molar-refractivity contribution in [2.24, 2.45) is 0 Å². The highest BCUT2D eigenvalue weighted by molar-refractivity contribution is 7.92. The van der Waals surface area contributed by atoms with Crippen molar-refractivity contribution in [1.82, 2.24) is 9.55 Å². The topological polar surface area (TPSA) is 160 Å². The summed E-state index contributed by atoms with van der Waals surface area (Å²) in [6.07, 6.45) is -4.70. The van der Waals surface area contributed by atoms with Gasteiger partial charge in [0.15, 0.2) is 22.4 Å². The highest BCUT2D eigenvalue weighted by Gasteiger charge is 2.57. The van der Waals surface area contributed by atoms with Crippen LogP contribution in [0.25, 0.3) is 0 Å². The molecule has 1 aromatic heterocycles. The number of ether oxygens (including phenoxy) is 3. The number of nitrogens with zero attached hydrogens (tertiary/aromatic N) is 1. The van der Waals surface area contributed by atoms with E-state index >= 15 is 0 Å². The van der Waals surface area contributed by atoms with E-state index in [4.69, 9.17) is 18.4 Å². The Morgan fingerprint density at radius 1 is 0.950 bits per heavy atom. The van der Waals surface area contributed by atoms with E-state index in [1.54, 1.807) is 49.4 Å². The van der Waals surface area contributed by atoms with Gasteiger partial charge in [-0.3, -0.25) is 18.5 Å². The minimum atomic E-state index is -4.39. The fraction of sp³-hybridized carbons (Fsp3) is 0.385. The van der Waals surface area contributed by atoms with Crippen LogP contribution < -0.4 is 11.2 Å². The van der Waals surface area contributed by atoms with E-state index in [0.717, 1.165) is 22.6 Å². The first kappa shape index (κ1) is 28.4. The van der Waals surface area contributed by atoms with Gasteiger partial charge in [-0.2, -0.15) is 8.42 Å². The van der Waals surface area contributed by atoms with E-state index < -0.39 is 67.3 Å². The largest absolute Gasteiger partial charge is 0.347 e. The molecule has 2 saturated heterocycles. The zero-order valence-corrected chi connectivity index (χ0v) is 23.4. The summed E-state index contributed by atoms with van der Waals surface area (Å²) in [6.45, 7) is 3.09. The van der Waals surface area contributed by atoms with Crippen molar-refractivity contribution >= 4 is 20.0 Å². The molecule has 0 amide bonds. The zero-order chi connectivity index (χ0) is 28.8. The molecule has 0 aliphatic carbocycles. The Bertz CT molecular complexity index is 1720. The Morgan fingerprint density at radius 3 is 2.27 bits per heavy atom. The summed E-state index contributed by atoms with van der Waals surface area (Å²) >= 11 is 0. The summed E-state index contributed by atoms with van der Waals surface area (Å²) in [5.41, 5.74) is -0.0570. The third-order valence-electron chi connectivity index (χ3n) is 6.79. The van der Waals surface area contributed by atoms with Crippen LogP contribution in [0, 0.1) is 13.8 Å². The standard InChI is InChI=1S/C26H28N2O10S2/c1-15-9-11-18(12-10-15)40(33,34)22-20-19(14-35-25(37-20)17-7-5-4-6-8-17)36-24(21(22)38-39(3,31)32)28-13-16(2)23(29)27-26(28)30/h4-13,19-22,24-25H,14H2,1-3H3,(H,27,29,30)/t19-,20-,21-,22-,24-,25?/m1/s1. The van der Waals surface area contributed by atoms with E-state index in [0.29, 0.717) is 5.56 Å². The zero-order valence-electron chi connectivity index (χ0n) is 21.8. The average molecular weight is 593 g/mol. The van der Waals surface area contributed by atoms with Crippen LogP contribution in [0.1, 0.15) is 29.2 Å². The van der Waals surface area contributed by atoms with Gasteiger partial charge in [0.25, 0.3) is 15.7 Å². The molecule has 12 nitrogen and oxygen atoms in total. The lowest BCUT2D eigenvalue weighted by Gasteiger charge is -2.48. The van der Waals surface area contributed by atoms with Crippen molar-refractivity contribution in [2.45, 2.75) is 54.8 Å². The van der Waals surface area contributed by atoms with E-state index in [1.165, 1.54) is 19.1 Å². The third kappa shape index (κ3) is 5.55. The number of hydrogen-bond acceptors (Lipinski definition) is 10. The predicted octanol–water partition coefficient (Wildman–Crippen LogP) is 1.35. The first-order chi connectivity index (χ1) is 18.8. The molecule has 40 heavy (non-hydrogen) atoms. The molecule has 14 heteroatoms. The molecular formula is C26H28N2O10S2. The predicted molar refractivity (Wildman–Crippen MR) is 142 cm³/mol. The smallest absolute Gasteiger partial charge is 0.330 e. The highest BCUT2D eigenvalue weighted by atomic mass is 32.2. The van der Waals surface area contributed by atoms with Gasteiger partial charge >= 0.3 is 5.69 Å². The molecule has 2 aromatic carbocycles. The Balaban J connectivity index is 1.69. The van der Waals surface area contributed by atoms with Gasteiger partial charge in [0.1, 0.15) is 23.6 Å². The van der Waals surface area contributed by atoms with E-state index in [9.17, 15) is 26.4 Å². The van der Waals surface area contributed by atoms with E-state index in [1.807, 2.05) is 0 Å². The number of H-pyrrole nitrogens is 1. The van der Waals surface area contributed by atoms with Crippen LogP contribution in [0.2, 0.25) is 0 Å². The molecule has 2 aliphatic rings. The normalized spacial score (nSPS) is 27.2. The molecule has 0 bridgehead atoms. The van der Waals surface area contributed by atoms with Crippen molar-refractivity contribution in [3.8, 4) is 0 Å². The maximum Gasteiger partial charge on any atom is 0.330 e. The van der Waals surface area contributed by atoms with Crippen molar-refractivity contribution in [3.05, 3.63) is 98.3 Å². The van der Waals surface area contributed by atoms with Crippen LogP contribution in [0.3, 0.4) is 0 Å². The summed E-state index contributed by atoms with van der Waals surface area (Å²) in [7, 11) is -8.69. The van der Waals surface area contributed by atoms with Crippen LogP contribution in [0.15, 0.2) is 75.3 Å². The minimum Gasteiger partial charge on any atom is -0.347 e. The molecule has 0 radical (unpaired) electrons. The van der Waals surface area contributed by atoms with Crippen molar-refractivity contribution in [2.75, 3.05) is 12.9 Å². The SMILES string of the molecule is Cc1ccc(S(=O)(=O)[C@H]2[C@@H](OS(C)(=O)=O)[C@H](n3cc(C)c(=O)[nH]c3=O)O[C@@H]3COC(c4ccccc4)O[C@@H]23)cc1. The summed E-state index contributed by atoms with van der Waals surface area (Å²) in [6, 6.07) is 14.9. The van der Waals surface area contributed by atoms with Crippen LogP contribution in [-0.2, 0) is 38.3 Å². The molecule has 5 rings (SSSR count). The van der Waals surface area contributed by atoms with E-state index in [-0.39, 0.29) is 17.1 Å². The lowest BCUT2D eigenvalue weighted by atomic mass is 9.99. The number of fused-ring (bicyclic) bond motifs is 1.